The van der Waals surface area contributed by atoms with Crippen LogP contribution in [0, 0.1) is 0 Å². The van der Waals surface area contributed by atoms with E-state index in [0.29, 0.717) is 27.5 Å². The Kier molecular flexibility index (Phi) is 5.69. The summed E-state index contributed by atoms with van der Waals surface area (Å²) in [5.41, 5.74) is 7.36. The van der Waals surface area contributed by atoms with Crippen molar-refractivity contribution in [1.29, 1.82) is 0 Å². The number of hydrogen-bond acceptors (Lipinski definition) is 7. The van der Waals surface area contributed by atoms with Crippen LogP contribution >= 0.6 is 11.3 Å². The number of thiazole rings is 1. The van der Waals surface area contributed by atoms with Gasteiger partial charge in [-0.1, -0.05) is 66.7 Å². The van der Waals surface area contributed by atoms with Crippen LogP contribution in [0.3, 0.4) is 0 Å². The summed E-state index contributed by atoms with van der Waals surface area (Å²) >= 11 is 1.46. The molecule has 7 nitrogen and oxygen atoms in total. The van der Waals surface area contributed by atoms with E-state index in [-0.39, 0.29) is 0 Å². The molecular formula is C28H19N5O2S. The molecule has 0 spiro atoms. The first kappa shape index (κ1) is 21.7. The molecule has 0 radical (unpaired) electrons. The second kappa shape index (κ2) is 9.44. The van der Waals surface area contributed by atoms with E-state index < -0.39 is 5.63 Å². The van der Waals surface area contributed by atoms with Gasteiger partial charge in [-0.15, -0.1) is 11.3 Å². The van der Waals surface area contributed by atoms with Crippen molar-refractivity contribution in [2.24, 2.45) is 5.10 Å². The smallest absolute Gasteiger partial charge is 0.345 e. The Bertz CT molecular complexity index is 1740. The molecule has 0 aliphatic heterocycles. The van der Waals surface area contributed by atoms with Gasteiger partial charge in [-0.3, -0.25) is 5.43 Å². The molecule has 6 aromatic rings. The van der Waals surface area contributed by atoms with Crippen molar-refractivity contribution in [2.75, 3.05) is 5.43 Å². The van der Waals surface area contributed by atoms with Crippen LogP contribution < -0.4 is 11.1 Å². The maximum Gasteiger partial charge on any atom is 0.345 e. The molecule has 0 saturated heterocycles. The van der Waals surface area contributed by atoms with Crippen LogP contribution in [0.4, 0.5) is 5.13 Å². The Morgan fingerprint density at radius 3 is 2.53 bits per heavy atom. The number of para-hydroxylation sites is 2. The number of benzene rings is 3. The van der Waals surface area contributed by atoms with Gasteiger partial charge in [0, 0.05) is 28.1 Å². The zero-order chi connectivity index (χ0) is 24.3. The molecule has 0 unspecified atom stereocenters. The monoisotopic (exact) mass is 489 g/mol. The molecule has 3 aromatic carbocycles. The number of nitrogens with zero attached hydrogens (tertiary/aromatic N) is 4. The summed E-state index contributed by atoms with van der Waals surface area (Å²) in [6.07, 6.45) is 3.47. The van der Waals surface area contributed by atoms with Crippen LogP contribution in [0.15, 0.2) is 117 Å². The van der Waals surface area contributed by atoms with Crippen LogP contribution in [0.2, 0.25) is 0 Å². The number of aromatic nitrogens is 3. The van der Waals surface area contributed by atoms with Crippen LogP contribution in [0.1, 0.15) is 5.56 Å². The predicted molar refractivity (Wildman–Crippen MR) is 144 cm³/mol. The molecule has 36 heavy (non-hydrogen) atoms. The first-order valence-corrected chi connectivity index (χ1v) is 12.1. The largest absolute Gasteiger partial charge is 0.422 e. The molecule has 174 valence electrons. The fraction of sp³-hybridized carbons (Fsp3) is 0. The van der Waals surface area contributed by atoms with Gasteiger partial charge < -0.3 is 4.42 Å². The fourth-order valence-electron chi connectivity index (χ4n) is 3.85. The standard InChI is InChI=1S/C28H19N5O2S/c34-27-23(15-20-11-7-8-14-25(20)35-27)26-21(17-33(32-26)22-12-5-2-6-13-22)16-29-31-28-30-24(18-36-28)19-9-3-1-4-10-19/h1-18H,(H,30,31)/b29-16-. The molecule has 1 N–H and O–H groups in total. The van der Waals surface area contributed by atoms with E-state index in [1.807, 2.05) is 90.4 Å². The second-order valence-electron chi connectivity index (χ2n) is 7.97. The van der Waals surface area contributed by atoms with E-state index in [0.717, 1.165) is 22.3 Å². The number of fused-ring (bicyclic) bond motifs is 1. The summed E-state index contributed by atoms with van der Waals surface area (Å²) in [7, 11) is 0. The molecule has 0 aliphatic carbocycles. The van der Waals surface area contributed by atoms with Gasteiger partial charge in [0.25, 0.3) is 0 Å². The molecule has 6 rings (SSSR count). The second-order valence-corrected chi connectivity index (χ2v) is 8.83. The van der Waals surface area contributed by atoms with Crippen LogP contribution in [-0.2, 0) is 0 Å². The number of rotatable bonds is 6. The molecule has 8 heteroatoms. The molecule has 3 heterocycles. The van der Waals surface area contributed by atoms with Gasteiger partial charge in [0.1, 0.15) is 11.3 Å². The van der Waals surface area contributed by atoms with Crippen LogP contribution in [-0.4, -0.2) is 21.0 Å². The Morgan fingerprint density at radius 2 is 1.69 bits per heavy atom. The van der Waals surface area contributed by atoms with Crippen molar-refractivity contribution in [3.8, 4) is 28.2 Å². The van der Waals surface area contributed by atoms with E-state index in [9.17, 15) is 4.79 Å². The number of hydrogen-bond donors (Lipinski definition) is 1. The SMILES string of the molecule is O=c1oc2ccccc2cc1-c1nn(-c2ccccc2)cc1/C=N\Nc1nc(-c2ccccc2)cs1. The van der Waals surface area contributed by atoms with Crippen molar-refractivity contribution >= 4 is 33.7 Å². The van der Waals surface area contributed by atoms with Crippen molar-refractivity contribution in [3.63, 3.8) is 0 Å². The lowest BCUT2D eigenvalue weighted by molar-refractivity contribution is 0.563. The third kappa shape index (κ3) is 4.33. The number of anilines is 1. The first-order chi connectivity index (χ1) is 17.7. The molecular weight excluding hydrogens is 470 g/mol. The average Bonchev–Trinajstić information content (AvgIpc) is 3.57. The summed E-state index contributed by atoms with van der Waals surface area (Å²) in [5, 5.41) is 12.6. The van der Waals surface area contributed by atoms with Crippen LogP contribution in [0.25, 0.3) is 39.2 Å². The lowest BCUT2D eigenvalue weighted by Crippen LogP contribution is -2.05. The molecule has 0 amide bonds. The zero-order valence-electron chi connectivity index (χ0n) is 18.9. The fourth-order valence-corrected chi connectivity index (χ4v) is 4.52. The third-order valence-electron chi connectivity index (χ3n) is 5.60. The Hall–Kier alpha value is -4.82. The van der Waals surface area contributed by atoms with Gasteiger partial charge in [-0.05, 0) is 24.3 Å². The van der Waals surface area contributed by atoms with Crippen molar-refractivity contribution < 1.29 is 4.42 Å². The predicted octanol–water partition coefficient (Wildman–Crippen LogP) is 6.22. The van der Waals surface area contributed by atoms with Gasteiger partial charge in [-0.25, -0.2) is 14.5 Å². The van der Waals surface area contributed by atoms with Gasteiger partial charge in [-0.2, -0.15) is 10.2 Å². The zero-order valence-corrected chi connectivity index (χ0v) is 19.7. The highest BCUT2D eigenvalue weighted by molar-refractivity contribution is 7.14. The van der Waals surface area contributed by atoms with Gasteiger partial charge >= 0.3 is 5.63 Å². The molecule has 0 bridgehead atoms. The first-order valence-electron chi connectivity index (χ1n) is 11.2. The lowest BCUT2D eigenvalue weighted by Gasteiger charge is -2.01. The summed E-state index contributed by atoms with van der Waals surface area (Å²) in [4.78, 5) is 17.5. The Labute approximate surface area is 210 Å². The molecule has 0 aliphatic rings. The molecule has 0 fully saturated rings. The van der Waals surface area contributed by atoms with E-state index in [1.165, 1.54) is 11.3 Å². The topological polar surface area (TPSA) is 85.3 Å². The summed E-state index contributed by atoms with van der Waals surface area (Å²) in [6, 6.07) is 28.9. The highest BCUT2D eigenvalue weighted by Crippen LogP contribution is 2.26. The molecule has 3 aromatic heterocycles. The minimum absolute atomic E-state index is 0.366. The van der Waals surface area contributed by atoms with Gasteiger partial charge in [0.15, 0.2) is 0 Å². The summed E-state index contributed by atoms with van der Waals surface area (Å²) in [5.74, 6) is 0. The van der Waals surface area contributed by atoms with Crippen molar-refractivity contribution in [1.82, 2.24) is 14.8 Å². The lowest BCUT2D eigenvalue weighted by atomic mass is 10.1. The van der Waals surface area contributed by atoms with Crippen LogP contribution in [0.5, 0.6) is 0 Å². The highest BCUT2D eigenvalue weighted by atomic mass is 32.1. The average molecular weight is 490 g/mol. The van der Waals surface area contributed by atoms with Crippen molar-refractivity contribution in [2.45, 2.75) is 0 Å². The van der Waals surface area contributed by atoms with E-state index in [1.54, 1.807) is 23.0 Å². The highest BCUT2D eigenvalue weighted by Gasteiger charge is 2.16. The van der Waals surface area contributed by atoms with Gasteiger partial charge in [0.05, 0.1) is 23.2 Å². The van der Waals surface area contributed by atoms with E-state index in [2.05, 4.69) is 15.5 Å². The minimum atomic E-state index is -0.456. The minimum Gasteiger partial charge on any atom is -0.422 e. The Balaban J connectivity index is 1.36. The summed E-state index contributed by atoms with van der Waals surface area (Å²) in [6.45, 7) is 0. The maximum absolute atomic E-state index is 12.9. The van der Waals surface area contributed by atoms with Gasteiger partial charge in [0.2, 0.25) is 5.13 Å². The third-order valence-corrected chi connectivity index (χ3v) is 6.34. The normalized spacial score (nSPS) is 11.3. The summed E-state index contributed by atoms with van der Waals surface area (Å²) < 4.78 is 7.29. The van der Waals surface area contributed by atoms with Crippen molar-refractivity contribution in [3.05, 3.63) is 119 Å². The maximum atomic E-state index is 12.9. The number of hydrazone groups is 1. The van der Waals surface area contributed by atoms with E-state index >= 15 is 0 Å². The number of nitrogens with one attached hydrogen (secondary N) is 1. The molecule has 0 saturated carbocycles. The quantitative estimate of drug-likeness (QED) is 0.171. The van der Waals surface area contributed by atoms with E-state index in [4.69, 9.17) is 9.52 Å². The molecule has 0 atom stereocenters. The Morgan fingerprint density at radius 1 is 0.944 bits per heavy atom.